The van der Waals surface area contributed by atoms with E-state index < -0.39 is 0 Å². The Bertz CT molecular complexity index is 73.7. The predicted molar refractivity (Wildman–Crippen MR) is 48.5 cm³/mol. The quantitative estimate of drug-likeness (QED) is 0.626. The van der Waals surface area contributed by atoms with E-state index in [-0.39, 0.29) is 6.10 Å². The number of hydrogen-bond acceptors (Lipinski definition) is 2. The van der Waals surface area contributed by atoms with Crippen molar-refractivity contribution in [3.05, 3.63) is 0 Å². The van der Waals surface area contributed by atoms with Gasteiger partial charge in [0.1, 0.15) is 0 Å². The van der Waals surface area contributed by atoms with Crippen molar-refractivity contribution in [3.63, 3.8) is 0 Å². The van der Waals surface area contributed by atoms with Crippen molar-refractivity contribution in [2.45, 2.75) is 45.0 Å². The molecule has 0 aliphatic rings. The van der Waals surface area contributed by atoms with Gasteiger partial charge in [0.25, 0.3) is 0 Å². The first-order valence-corrected chi connectivity index (χ1v) is 5.03. The summed E-state index contributed by atoms with van der Waals surface area (Å²) in [6.45, 7) is 6.11. The van der Waals surface area contributed by atoms with Crippen molar-refractivity contribution in [1.29, 1.82) is 0 Å². The smallest absolute Gasteiger partial charge is 0.0627 e. The molecule has 0 amide bonds. The lowest BCUT2D eigenvalue weighted by molar-refractivity contribution is 0.196. The van der Waals surface area contributed by atoms with Crippen molar-refractivity contribution >= 4 is 11.8 Å². The third kappa shape index (κ3) is 5.12. The molecular formula is C8H18OS. The van der Waals surface area contributed by atoms with Gasteiger partial charge in [-0.3, -0.25) is 0 Å². The molecule has 0 aromatic carbocycles. The summed E-state index contributed by atoms with van der Waals surface area (Å²) in [5.74, 6) is 1.18. The first-order chi connectivity index (χ1) is 4.68. The number of aliphatic hydroxyl groups is 1. The third-order valence-electron chi connectivity index (χ3n) is 1.56. The molecule has 0 saturated carbocycles. The number of unbranched alkanes of at least 4 members (excludes halogenated alkanes) is 1. The fourth-order valence-electron chi connectivity index (χ4n) is 0.553. The van der Waals surface area contributed by atoms with Gasteiger partial charge in [-0.25, -0.2) is 0 Å². The van der Waals surface area contributed by atoms with Gasteiger partial charge in [-0.1, -0.05) is 20.3 Å². The van der Waals surface area contributed by atoms with E-state index in [0.29, 0.717) is 5.25 Å². The van der Waals surface area contributed by atoms with Crippen LogP contribution in [0.5, 0.6) is 0 Å². The second kappa shape index (κ2) is 6.05. The summed E-state index contributed by atoms with van der Waals surface area (Å²) in [4.78, 5) is 0. The highest BCUT2D eigenvalue weighted by Gasteiger charge is 2.07. The van der Waals surface area contributed by atoms with E-state index in [4.69, 9.17) is 5.11 Å². The second-order valence-electron chi connectivity index (χ2n) is 2.67. The van der Waals surface area contributed by atoms with Gasteiger partial charge in [-0.15, -0.1) is 0 Å². The standard InChI is InChI=1S/C8H18OS/c1-4-5-6-10-8(3)7(2)9/h7-9H,4-6H2,1-3H3/t7-,8-/m0/s1. The van der Waals surface area contributed by atoms with Gasteiger partial charge < -0.3 is 5.11 Å². The molecule has 0 aliphatic carbocycles. The van der Waals surface area contributed by atoms with Gasteiger partial charge in [0.05, 0.1) is 6.10 Å². The van der Waals surface area contributed by atoms with Crippen LogP contribution in [0.15, 0.2) is 0 Å². The molecule has 1 nitrogen and oxygen atoms in total. The van der Waals surface area contributed by atoms with Crippen LogP contribution in [0, 0.1) is 0 Å². The minimum Gasteiger partial charge on any atom is -0.392 e. The van der Waals surface area contributed by atoms with E-state index in [9.17, 15) is 0 Å². The molecule has 0 aliphatic heterocycles. The Balaban J connectivity index is 3.13. The van der Waals surface area contributed by atoms with Gasteiger partial charge in [0.2, 0.25) is 0 Å². The number of rotatable bonds is 5. The monoisotopic (exact) mass is 162 g/mol. The lowest BCUT2D eigenvalue weighted by atomic mass is 10.3. The topological polar surface area (TPSA) is 20.2 Å². The maximum Gasteiger partial charge on any atom is 0.0627 e. The minimum atomic E-state index is -0.165. The maximum atomic E-state index is 9.10. The maximum absolute atomic E-state index is 9.10. The lowest BCUT2D eigenvalue weighted by Gasteiger charge is -2.12. The normalized spacial score (nSPS) is 16.8. The molecule has 0 rings (SSSR count). The largest absolute Gasteiger partial charge is 0.392 e. The summed E-state index contributed by atoms with van der Waals surface area (Å²) in [6.07, 6.45) is 2.35. The van der Waals surface area contributed by atoms with Crippen molar-refractivity contribution in [1.82, 2.24) is 0 Å². The van der Waals surface area contributed by atoms with Gasteiger partial charge in [0.15, 0.2) is 0 Å². The van der Waals surface area contributed by atoms with Crippen LogP contribution >= 0.6 is 11.8 Å². The second-order valence-corrected chi connectivity index (χ2v) is 4.16. The number of aliphatic hydroxyl groups excluding tert-OH is 1. The first-order valence-electron chi connectivity index (χ1n) is 3.98. The summed E-state index contributed by atoms with van der Waals surface area (Å²) in [5, 5.41) is 9.49. The van der Waals surface area contributed by atoms with E-state index >= 15 is 0 Å². The molecule has 10 heavy (non-hydrogen) atoms. The summed E-state index contributed by atoms with van der Waals surface area (Å²) in [5.41, 5.74) is 0. The highest BCUT2D eigenvalue weighted by molar-refractivity contribution is 7.99. The van der Waals surface area contributed by atoms with Crippen LogP contribution in [0.2, 0.25) is 0 Å². The Hall–Kier alpha value is 0.310. The molecule has 0 saturated heterocycles. The highest BCUT2D eigenvalue weighted by atomic mass is 32.2. The average Bonchev–Trinajstić information content (AvgIpc) is 1.88. The fourth-order valence-corrected chi connectivity index (χ4v) is 1.66. The highest BCUT2D eigenvalue weighted by Crippen LogP contribution is 2.15. The summed E-state index contributed by atoms with van der Waals surface area (Å²) in [6, 6.07) is 0. The van der Waals surface area contributed by atoms with Crippen LogP contribution < -0.4 is 0 Å². The molecule has 62 valence electrons. The molecule has 2 heteroatoms. The van der Waals surface area contributed by atoms with Gasteiger partial charge >= 0.3 is 0 Å². The van der Waals surface area contributed by atoms with Crippen LogP contribution in [-0.4, -0.2) is 22.2 Å². The zero-order valence-corrected chi connectivity index (χ0v) is 7.95. The lowest BCUT2D eigenvalue weighted by Crippen LogP contribution is -2.15. The van der Waals surface area contributed by atoms with Gasteiger partial charge in [-0.2, -0.15) is 11.8 Å². The van der Waals surface area contributed by atoms with Gasteiger partial charge in [0, 0.05) is 5.25 Å². The molecule has 0 aromatic heterocycles. The summed E-state index contributed by atoms with van der Waals surface area (Å²) < 4.78 is 0. The summed E-state index contributed by atoms with van der Waals surface area (Å²) >= 11 is 1.86. The molecule has 0 spiro atoms. The average molecular weight is 162 g/mol. The zero-order valence-electron chi connectivity index (χ0n) is 7.13. The van der Waals surface area contributed by atoms with Crippen LogP contribution in [0.1, 0.15) is 33.6 Å². The molecule has 1 N–H and O–H groups in total. The summed E-state index contributed by atoms with van der Waals surface area (Å²) in [7, 11) is 0. The van der Waals surface area contributed by atoms with E-state index in [2.05, 4.69) is 13.8 Å². The van der Waals surface area contributed by atoms with Crippen LogP contribution in [0.25, 0.3) is 0 Å². The Kier molecular flexibility index (Phi) is 6.24. The predicted octanol–water partition coefficient (Wildman–Crippen LogP) is 2.29. The van der Waals surface area contributed by atoms with Crippen LogP contribution in [0.4, 0.5) is 0 Å². The molecule has 2 atom stereocenters. The van der Waals surface area contributed by atoms with Crippen molar-refractivity contribution in [2.75, 3.05) is 5.75 Å². The van der Waals surface area contributed by atoms with E-state index in [1.807, 2.05) is 18.7 Å². The van der Waals surface area contributed by atoms with E-state index in [1.54, 1.807) is 0 Å². The van der Waals surface area contributed by atoms with Crippen molar-refractivity contribution in [3.8, 4) is 0 Å². The van der Waals surface area contributed by atoms with Crippen LogP contribution in [0.3, 0.4) is 0 Å². The third-order valence-corrected chi connectivity index (χ3v) is 3.00. The van der Waals surface area contributed by atoms with E-state index in [0.717, 1.165) is 0 Å². The molecule has 0 bridgehead atoms. The Morgan fingerprint density at radius 2 is 2.00 bits per heavy atom. The van der Waals surface area contributed by atoms with Crippen molar-refractivity contribution in [2.24, 2.45) is 0 Å². The molecule has 0 fully saturated rings. The van der Waals surface area contributed by atoms with E-state index in [1.165, 1.54) is 18.6 Å². The molecular weight excluding hydrogens is 144 g/mol. The van der Waals surface area contributed by atoms with Gasteiger partial charge in [-0.05, 0) is 19.1 Å². The molecule has 0 aromatic rings. The number of thioether (sulfide) groups is 1. The van der Waals surface area contributed by atoms with Crippen molar-refractivity contribution < 1.29 is 5.11 Å². The Morgan fingerprint density at radius 1 is 1.40 bits per heavy atom. The minimum absolute atomic E-state index is 0.165. The zero-order chi connectivity index (χ0) is 7.98. The molecule has 0 unspecified atom stereocenters. The van der Waals surface area contributed by atoms with Crippen LogP contribution in [-0.2, 0) is 0 Å². The number of hydrogen-bond donors (Lipinski definition) is 1. The Morgan fingerprint density at radius 3 is 2.40 bits per heavy atom. The molecule has 0 radical (unpaired) electrons. The Labute approximate surface area is 68.2 Å². The fraction of sp³-hybridized carbons (Fsp3) is 1.00. The first kappa shape index (κ1) is 10.3. The molecule has 0 heterocycles. The SMILES string of the molecule is CCCCS[C@@H](C)[C@H](C)O.